The molecule has 0 fully saturated rings. The van der Waals surface area contributed by atoms with Crippen molar-refractivity contribution in [2.24, 2.45) is 0 Å². The third-order valence-electron chi connectivity index (χ3n) is 0.702. The van der Waals surface area contributed by atoms with Crippen LogP contribution in [0, 0.1) is 0 Å². The van der Waals surface area contributed by atoms with Gasteiger partial charge in [0.1, 0.15) is 6.73 Å². The molecule has 0 spiro atoms. The molecule has 0 saturated carbocycles. The van der Waals surface area contributed by atoms with Gasteiger partial charge < -0.3 is 5.11 Å². The van der Waals surface area contributed by atoms with Crippen molar-refractivity contribution in [2.45, 2.75) is 0 Å². The van der Waals surface area contributed by atoms with Gasteiger partial charge in [0.2, 0.25) is 0 Å². The third-order valence-corrected chi connectivity index (χ3v) is 0.702. The maximum absolute atomic E-state index is 9.83. The van der Waals surface area contributed by atoms with Crippen LogP contribution in [0.1, 0.15) is 0 Å². The maximum atomic E-state index is 9.83. The van der Waals surface area contributed by atoms with Crippen LogP contribution in [0.15, 0.2) is 0 Å². The van der Waals surface area contributed by atoms with Gasteiger partial charge >= 0.3 is 0 Å². The van der Waals surface area contributed by atoms with Crippen LogP contribution in [-0.4, -0.2) is 36.9 Å². The third kappa shape index (κ3) is 3.72. The van der Waals surface area contributed by atoms with E-state index < -0.39 is 0 Å². The summed E-state index contributed by atoms with van der Waals surface area (Å²) in [5.74, 6) is 0. The molecule has 0 heterocycles. The minimum atomic E-state index is -0.236. The monoisotopic (exact) mass is 104 g/mol. The minimum absolute atomic E-state index is 0.0682. The molecule has 0 unspecified atom stereocenters. The lowest BCUT2D eigenvalue weighted by Crippen LogP contribution is -2.21. The van der Waals surface area contributed by atoms with Gasteiger partial charge in [0, 0.05) is 6.54 Å². The summed E-state index contributed by atoms with van der Waals surface area (Å²) in [4.78, 5) is 1.50. The molecule has 1 N–H and O–H groups in total. The van der Waals surface area contributed by atoms with Gasteiger partial charge in [0.25, 0.3) is 0 Å². The number of nitrogens with zero attached hydrogens (tertiary/aromatic N) is 1. The zero-order chi connectivity index (χ0) is 5.70. The Bertz CT molecular complexity index is 40.7. The highest BCUT2D eigenvalue weighted by molar-refractivity contribution is 4.37. The highest BCUT2D eigenvalue weighted by atomic mass is 16.3. The topological polar surface area (TPSA) is 43.4 Å². The van der Waals surface area contributed by atoms with E-state index >= 15 is 0 Å². The first kappa shape index (κ1) is 6.88. The number of hydrogen-bond donors (Lipinski definition) is 1. The number of rotatable bonds is 3. The van der Waals surface area contributed by atoms with Crippen LogP contribution in [0.5, 0.6) is 0 Å². The molecule has 0 aliphatic carbocycles. The molecule has 0 aliphatic rings. The van der Waals surface area contributed by atoms with Gasteiger partial charge in [-0.1, -0.05) is 0 Å². The standard InChI is InChI=1S/C4H10NO2/c1-5(4-7)2-3-6/h6H,2-4H2,1H3. The second-order valence-corrected chi connectivity index (χ2v) is 1.43. The summed E-state index contributed by atoms with van der Waals surface area (Å²) >= 11 is 0. The van der Waals surface area contributed by atoms with E-state index in [0.29, 0.717) is 6.54 Å². The second-order valence-electron chi connectivity index (χ2n) is 1.43. The molecule has 7 heavy (non-hydrogen) atoms. The molecule has 0 saturated heterocycles. The highest BCUT2D eigenvalue weighted by Gasteiger charge is 1.90. The SMILES string of the molecule is CN(C[O])CCO. The van der Waals surface area contributed by atoms with Crippen LogP contribution in [0.2, 0.25) is 0 Å². The van der Waals surface area contributed by atoms with Crippen molar-refractivity contribution < 1.29 is 10.2 Å². The summed E-state index contributed by atoms with van der Waals surface area (Å²) in [7, 11) is 1.67. The molecule has 0 aromatic heterocycles. The van der Waals surface area contributed by atoms with Gasteiger partial charge in [-0.05, 0) is 7.05 Å². The zero-order valence-electron chi connectivity index (χ0n) is 4.42. The molecule has 43 valence electrons. The fraction of sp³-hybridized carbons (Fsp3) is 1.00. The van der Waals surface area contributed by atoms with E-state index in [0.717, 1.165) is 0 Å². The summed E-state index contributed by atoms with van der Waals surface area (Å²) in [6.45, 7) is 0.308. The molecular weight excluding hydrogens is 94.0 g/mol. The molecule has 3 nitrogen and oxygen atoms in total. The molecule has 0 aliphatic heterocycles. The predicted octanol–water partition coefficient (Wildman–Crippen LogP) is -0.702. The molecule has 0 atom stereocenters. The van der Waals surface area contributed by atoms with Crippen LogP contribution in [0.3, 0.4) is 0 Å². The van der Waals surface area contributed by atoms with Gasteiger partial charge in [0.05, 0.1) is 6.61 Å². The number of hydrogen-bond acceptors (Lipinski definition) is 2. The molecule has 0 amide bonds. The van der Waals surface area contributed by atoms with Crippen molar-refractivity contribution in [3.63, 3.8) is 0 Å². The van der Waals surface area contributed by atoms with Crippen LogP contribution < -0.4 is 0 Å². The summed E-state index contributed by atoms with van der Waals surface area (Å²) < 4.78 is 0. The Morgan fingerprint density at radius 1 is 1.71 bits per heavy atom. The molecular formula is C4H10NO2. The van der Waals surface area contributed by atoms with Crippen molar-refractivity contribution in [3.8, 4) is 0 Å². The maximum Gasteiger partial charge on any atom is 0.135 e. The van der Waals surface area contributed by atoms with Crippen LogP contribution in [-0.2, 0) is 5.11 Å². The normalized spacial score (nSPS) is 10.3. The second kappa shape index (κ2) is 4.05. The Hall–Kier alpha value is -0.120. The van der Waals surface area contributed by atoms with E-state index in [2.05, 4.69) is 0 Å². The first-order chi connectivity index (χ1) is 3.31. The van der Waals surface area contributed by atoms with Crippen molar-refractivity contribution in [3.05, 3.63) is 0 Å². The quantitative estimate of drug-likeness (QED) is 0.481. The largest absolute Gasteiger partial charge is 0.395 e. The Labute approximate surface area is 43.2 Å². The van der Waals surface area contributed by atoms with Gasteiger partial charge in [0.15, 0.2) is 0 Å². The predicted molar refractivity (Wildman–Crippen MR) is 25.3 cm³/mol. The van der Waals surface area contributed by atoms with Crippen molar-refractivity contribution in [1.29, 1.82) is 0 Å². The Balaban J connectivity index is 2.83. The lowest BCUT2D eigenvalue weighted by molar-refractivity contribution is 0.0581. The molecule has 0 bridgehead atoms. The van der Waals surface area contributed by atoms with Crippen LogP contribution in [0.25, 0.3) is 0 Å². The van der Waals surface area contributed by atoms with Gasteiger partial charge in [-0.15, -0.1) is 0 Å². The minimum Gasteiger partial charge on any atom is -0.395 e. The van der Waals surface area contributed by atoms with Crippen molar-refractivity contribution in [1.82, 2.24) is 4.90 Å². The van der Waals surface area contributed by atoms with Crippen LogP contribution >= 0.6 is 0 Å². The summed E-state index contributed by atoms with van der Waals surface area (Å²) in [5.41, 5.74) is 0. The number of aliphatic hydroxyl groups is 1. The number of likely N-dealkylation sites (N-methyl/N-ethyl adjacent to an activating group) is 1. The average Bonchev–Trinajstić information content (AvgIpc) is 1.68. The molecule has 0 aromatic carbocycles. The van der Waals surface area contributed by atoms with Crippen molar-refractivity contribution in [2.75, 3.05) is 26.9 Å². The van der Waals surface area contributed by atoms with E-state index in [1.54, 1.807) is 7.05 Å². The number of aliphatic hydroxyl groups excluding tert-OH is 1. The van der Waals surface area contributed by atoms with E-state index in [1.807, 2.05) is 0 Å². The Morgan fingerprint density at radius 3 is 2.43 bits per heavy atom. The highest BCUT2D eigenvalue weighted by Crippen LogP contribution is 1.73. The lowest BCUT2D eigenvalue weighted by atomic mass is 10.6. The summed E-state index contributed by atoms with van der Waals surface area (Å²) in [5, 5.41) is 18.0. The first-order valence-electron chi connectivity index (χ1n) is 2.18. The van der Waals surface area contributed by atoms with Gasteiger partial charge in [-0.25, -0.2) is 5.11 Å². The van der Waals surface area contributed by atoms with E-state index in [9.17, 15) is 5.11 Å². The van der Waals surface area contributed by atoms with Crippen LogP contribution in [0.4, 0.5) is 0 Å². The Kier molecular flexibility index (Phi) is 3.98. The molecule has 1 radical (unpaired) electrons. The fourth-order valence-electron chi connectivity index (χ4n) is 0.235. The van der Waals surface area contributed by atoms with Gasteiger partial charge in [-0.3, -0.25) is 4.90 Å². The smallest absolute Gasteiger partial charge is 0.135 e. The molecule has 0 rings (SSSR count). The first-order valence-corrected chi connectivity index (χ1v) is 2.18. The molecule has 0 aromatic rings. The zero-order valence-corrected chi connectivity index (χ0v) is 4.42. The summed E-state index contributed by atoms with van der Waals surface area (Å²) in [6.07, 6.45) is 0. The van der Waals surface area contributed by atoms with Crippen molar-refractivity contribution >= 4 is 0 Å². The van der Waals surface area contributed by atoms with E-state index in [1.165, 1.54) is 4.90 Å². The molecule has 3 heteroatoms. The fourth-order valence-corrected chi connectivity index (χ4v) is 0.235. The van der Waals surface area contributed by atoms with E-state index in [4.69, 9.17) is 5.11 Å². The Morgan fingerprint density at radius 2 is 2.29 bits per heavy atom. The lowest BCUT2D eigenvalue weighted by Gasteiger charge is -2.07. The van der Waals surface area contributed by atoms with E-state index in [-0.39, 0.29) is 13.3 Å². The average molecular weight is 104 g/mol. The summed E-state index contributed by atoms with van der Waals surface area (Å²) in [6, 6.07) is 0. The van der Waals surface area contributed by atoms with Gasteiger partial charge in [-0.2, -0.15) is 0 Å².